The molecule has 3 heterocycles. The number of aromatic nitrogens is 4. The second-order valence-corrected chi connectivity index (χ2v) is 6.07. The molecule has 2 aromatic rings. The number of likely N-dealkylation sites (N-methyl/N-ethyl adjacent to an activating group) is 1. The predicted octanol–water partition coefficient (Wildman–Crippen LogP) is 0.864. The molecular formula is C16H24N6O. The van der Waals surface area contributed by atoms with Crippen molar-refractivity contribution in [3.05, 3.63) is 30.1 Å². The summed E-state index contributed by atoms with van der Waals surface area (Å²) in [6.07, 6.45) is 4.05. The summed E-state index contributed by atoms with van der Waals surface area (Å²) in [6, 6.07) is 6.46. The topological polar surface area (TPSA) is 70.3 Å². The molecule has 1 aliphatic rings. The number of aliphatic hydroxyl groups excluding tert-OH is 1. The van der Waals surface area contributed by atoms with E-state index in [1.807, 2.05) is 31.3 Å². The molecule has 0 saturated carbocycles. The molecule has 3 rings (SSSR count). The van der Waals surface area contributed by atoms with Crippen LogP contribution in [-0.2, 0) is 0 Å². The van der Waals surface area contributed by atoms with Crippen LogP contribution in [0, 0.1) is 6.92 Å². The third-order valence-electron chi connectivity index (χ3n) is 4.46. The lowest BCUT2D eigenvalue weighted by Gasteiger charge is -2.36. The zero-order valence-corrected chi connectivity index (χ0v) is 13.8. The highest BCUT2D eigenvalue weighted by atomic mass is 16.3. The Bertz CT molecular complexity index is 618. The lowest BCUT2D eigenvalue weighted by molar-refractivity contribution is 0.161. The maximum Gasteiger partial charge on any atom is 0.175 e. The van der Waals surface area contributed by atoms with Crippen LogP contribution in [-0.4, -0.2) is 69.3 Å². The molecule has 7 nitrogen and oxygen atoms in total. The van der Waals surface area contributed by atoms with Crippen LogP contribution in [0.4, 0.5) is 5.82 Å². The van der Waals surface area contributed by atoms with E-state index >= 15 is 0 Å². The standard InChI is InChI=1S/C16H24N6O/c1-13-5-10-22(19-13)16-4-3-15(17-18-16)21-8-6-14(7-9-21)20(2)11-12-23/h3-5,10,14,23H,6-9,11-12H2,1-2H3. The van der Waals surface area contributed by atoms with Crippen molar-refractivity contribution in [1.82, 2.24) is 24.9 Å². The second-order valence-electron chi connectivity index (χ2n) is 6.07. The number of hydrogen-bond acceptors (Lipinski definition) is 6. The molecule has 0 aromatic carbocycles. The Balaban J connectivity index is 1.60. The smallest absolute Gasteiger partial charge is 0.175 e. The van der Waals surface area contributed by atoms with Crippen LogP contribution in [0.3, 0.4) is 0 Å². The SMILES string of the molecule is Cc1ccn(-c2ccc(N3CCC(N(C)CCO)CC3)nn2)n1. The van der Waals surface area contributed by atoms with Gasteiger partial charge < -0.3 is 14.9 Å². The van der Waals surface area contributed by atoms with Crippen molar-refractivity contribution in [2.75, 3.05) is 38.2 Å². The summed E-state index contributed by atoms with van der Waals surface area (Å²) in [4.78, 5) is 4.51. The molecular weight excluding hydrogens is 292 g/mol. The number of aryl methyl sites for hydroxylation is 1. The lowest BCUT2D eigenvalue weighted by atomic mass is 10.0. The first-order valence-corrected chi connectivity index (χ1v) is 8.10. The van der Waals surface area contributed by atoms with E-state index in [0.29, 0.717) is 6.04 Å². The van der Waals surface area contributed by atoms with Crippen LogP contribution >= 0.6 is 0 Å². The van der Waals surface area contributed by atoms with E-state index in [1.165, 1.54) is 0 Å². The Hall–Kier alpha value is -1.99. The normalized spacial score (nSPS) is 16.3. The van der Waals surface area contributed by atoms with Gasteiger partial charge in [-0.05, 0) is 45.0 Å². The third kappa shape index (κ3) is 3.68. The first kappa shape index (κ1) is 15.9. The fourth-order valence-electron chi connectivity index (χ4n) is 3.03. The first-order valence-electron chi connectivity index (χ1n) is 8.10. The van der Waals surface area contributed by atoms with Gasteiger partial charge in [-0.2, -0.15) is 5.10 Å². The average Bonchev–Trinajstić information content (AvgIpc) is 3.02. The molecule has 1 saturated heterocycles. The van der Waals surface area contributed by atoms with Crippen molar-refractivity contribution in [2.24, 2.45) is 0 Å². The summed E-state index contributed by atoms with van der Waals surface area (Å²) in [5.41, 5.74) is 0.963. The third-order valence-corrected chi connectivity index (χ3v) is 4.46. The highest BCUT2D eigenvalue weighted by molar-refractivity contribution is 5.40. The maximum absolute atomic E-state index is 9.04. The molecule has 0 amide bonds. The maximum atomic E-state index is 9.04. The molecule has 0 bridgehead atoms. The van der Waals surface area contributed by atoms with Gasteiger partial charge in [-0.1, -0.05) is 0 Å². The number of rotatable bonds is 5. The highest BCUT2D eigenvalue weighted by Gasteiger charge is 2.23. The van der Waals surface area contributed by atoms with Gasteiger partial charge in [0.2, 0.25) is 0 Å². The fourth-order valence-corrected chi connectivity index (χ4v) is 3.03. The van der Waals surface area contributed by atoms with Gasteiger partial charge >= 0.3 is 0 Å². The van der Waals surface area contributed by atoms with Crippen LogP contribution in [0.15, 0.2) is 24.4 Å². The molecule has 0 unspecified atom stereocenters. The zero-order valence-electron chi connectivity index (χ0n) is 13.8. The summed E-state index contributed by atoms with van der Waals surface area (Å²) < 4.78 is 1.74. The molecule has 1 aliphatic heterocycles. The second kappa shape index (κ2) is 7.06. The van der Waals surface area contributed by atoms with Crippen molar-refractivity contribution in [3.63, 3.8) is 0 Å². The largest absolute Gasteiger partial charge is 0.395 e. The van der Waals surface area contributed by atoms with Gasteiger partial charge in [0, 0.05) is 31.9 Å². The number of nitrogens with zero attached hydrogens (tertiary/aromatic N) is 6. The van der Waals surface area contributed by atoms with E-state index in [4.69, 9.17) is 5.11 Å². The molecule has 1 N–H and O–H groups in total. The van der Waals surface area contributed by atoms with E-state index in [0.717, 1.165) is 49.8 Å². The summed E-state index contributed by atoms with van der Waals surface area (Å²) in [5, 5.41) is 22.0. The number of piperidine rings is 1. The van der Waals surface area contributed by atoms with Crippen LogP contribution < -0.4 is 4.90 Å². The summed E-state index contributed by atoms with van der Waals surface area (Å²) in [7, 11) is 2.08. The van der Waals surface area contributed by atoms with Crippen LogP contribution in [0.25, 0.3) is 5.82 Å². The highest BCUT2D eigenvalue weighted by Crippen LogP contribution is 2.20. The lowest BCUT2D eigenvalue weighted by Crippen LogP contribution is -2.44. The van der Waals surface area contributed by atoms with Crippen molar-refractivity contribution < 1.29 is 5.11 Å². The van der Waals surface area contributed by atoms with E-state index in [9.17, 15) is 0 Å². The Morgan fingerprint density at radius 1 is 1.17 bits per heavy atom. The van der Waals surface area contributed by atoms with Gasteiger partial charge in [0.1, 0.15) is 0 Å². The van der Waals surface area contributed by atoms with Crippen molar-refractivity contribution >= 4 is 5.82 Å². The Labute approximate surface area is 136 Å². The predicted molar refractivity (Wildman–Crippen MR) is 88.8 cm³/mol. The van der Waals surface area contributed by atoms with Crippen molar-refractivity contribution in [3.8, 4) is 5.82 Å². The Morgan fingerprint density at radius 3 is 2.43 bits per heavy atom. The molecule has 0 radical (unpaired) electrons. The molecule has 7 heteroatoms. The summed E-state index contributed by atoms with van der Waals surface area (Å²) in [5.74, 6) is 1.65. The zero-order chi connectivity index (χ0) is 16.2. The molecule has 23 heavy (non-hydrogen) atoms. The number of hydrogen-bond donors (Lipinski definition) is 1. The van der Waals surface area contributed by atoms with E-state index in [1.54, 1.807) is 4.68 Å². The molecule has 0 atom stereocenters. The van der Waals surface area contributed by atoms with E-state index in [2.05, 4.69) is 32.1 Å². The van der Waals surface area contributed by atoms with Gasteiger partial charge in [-0.3, -0.25) is 0 Å². The van der Waals surface area contributed by atoms with Crippen LogP contribution in [0.5, 0.6) is 0 Å². The van der Waals surface area contributed by atoms with E-state index < -0.39 is 0 Å². The molecule has 0 spiro atoms. The number of aliphatic hydroxyl groups is 1. The summed E-state index contributed by atoms with van der Waals surface area (Å²) in [6.45, 7) is 4.85. The first-order chi connectivity index (χ1) is 11.2. The van der Waals surface area contributed by atoms with Crippen LogP contribution in [0.1, 0.15) is 18.5 Å². The van der Waals surface area contributed by atoms with Gasteiger partial charge in [-0.15, -0.1) is 10.2 Å². The van der Waals surface area contributed by atoms with Gasteiger partial charge in [0.15, 0.2) is 11.6 Å². The summed E-state index contributed by atoms with van der Waals surface area (Å²) >= 11 is 0. The monoisotopic (exact) mass is 316 g/mol. The molecule has 1 fully saturated rings. The van der Waals surface area contributed by atoms with Gasteiger partial charge in [0.25, 0.3) is 0 Å². The minimum atomic E-state index is 0.219. The molecule has 0 aliphatic carbocycles. The number of anilines is 1. The van der Waals surface area contributed by atoms with Crippen molar-refractivity contribution in [1.29, 1.82) is 0 Å². The Kier molecular flexibility index (Phi) is 4.88. The minimum Gasteiger partial charge on any atom is -0.395 e. The molecule has 2 aromatic heterocycles. The average molecular weight is 316 g/mol. The van der Waals surface area contributed by atoms with Crippen LogP contribution in [0.2, 0.25) is 0 Å². The minimum absolute atomic E-state index is 0.219. The van der Waals surface area contributed by atoms with Gasteiger partial charge in [0.05, 0.1) is 12.3 Å². The fraction of sp³-hybridized carbons (Fsp3) is 0.562. The molecule has 124 valence electrons. The van der Waals surface area contributed by atoms with Gasteiger partial charge in [-0.25, -0.2) is 4.68 Å². The quantitative estimate of drug-likeness (QED) is 0.882. The Morgan fingerprint density at radius 2 is 1.87 bits per heavy atom. The van der Waals surface area contributed by atoms with Crippen molar-refractivity contribution in [2.45, 2.75) is 25.8 Å². The van der Waals surface area contributed by atoms with E-state index in [-0.39, 0.29) is 6.61 Å².